The van der Waals surface area contributed by atoms with Crippen LogP contribution in [0.15, 0.2) is 41.7 Å². The van der Waals surface area contributed by atoms with Crippen molar-refractivity contribution in [2.75, 3.05) is 43.0 Å². The van der Waals surface area contributed by atoms with E-state index in [0.29, 0.717) is 11.0 Å². The Bertz CT molecular complexity index is 1220. The summed E-state index contributed by atoms with van der Waals surface area (Å²) in [5.74, 6) is 0.104. The quantitative estimate of drug-likeness (QED) is 0.633. The lowest BCUT2D eigenvalue weighted by Gasteiger charge is -2.28. The van der Waals surface area contributed by atoms with Gasteiger partial charge < -0.3 is 20.3 Å². The SMILES string of the molecule is O=C1COc2cc(S(=O)(=O)n3cc(N4CCNCC4)c4ncccc43)cnc2N1. The molecule has 1 amide bonds. The second-order valence-electron chi connectivity index (χ2n) is 6.78. The first kappa shape index (κ1) is 17.9. The van der Waals surface area contributed by atoms with Crippen LogP contribution in [-0.4, -0.2) is 61.1 Å². The van der Waals surface area contributed by atoms with E-state index in [4.69, 9.17) is 4.74 Å². The number of anilines is 2. The van der Waals surface area contributed by atoms with Gasteiger partial charge in [-0.3, -0.25) is 9.78 Å². The van der Waals surface area contributed by atoms with E-state index < -0.39 is 10.0 Å². The molecule has 0 aliphatic carbocycles. The van der Waals surface area contributed by atoms with Crippen LogP contribution in [0, 0.1) is 0 Å². The average molecular weight is 414 g/mol. The molecule has 0 unspecified atom stereocenters. The average Bonchev–Trinajstić information content (AvgIpc) is 3.14. The molecule has 3 aromatic rings. The van der Waals surface area contributed by atoms with E-state index in [1.165, 1.54) is 16.2 Å². The maximum absolute atomic E-state index is 13.4. The minimum atomic E-state index is -3.95. The number of hydrogen-bond donors (Lipinski definition) is 2. The molecule has 2 aliphatic rings. The molecule has 5 rings (SSSR count). The van der Waals surface area contributed by atoms with Crippen molar-refractivity contribution in [1.82, 2.24) is 19.3 Å². The third kappa shape index (κ3) is 2.98. The van der Waals surface area contributed by atoms with E-state index in [1.54, 1.807) is 24.5 Å². The second-order valence-corrected chi connectivity index (χ2v) is 8.59. The summed E-state index contributed by atoms with van der Waals surface area (Å²) in [7, 11) is -3.95. The molecule has 0 aromatic carbocycles. The van der Waals surface area contributed by atoms with Gasteiger partial charge in [-0.05, 0) is 12.1 Å². The Kier molecular flexibility index (Phi) is 4.14. The Morgan fingerprint density at radius 1 is 1.17 bits per heavy atom. The Labute approximate surface area is 166 Å². The first-order chi connectivity index (χ1) is 14.0. The van der Waals surface area contributed by atoms with Crippen LogP contribution in [0.5, 0.6) is 5.75 Å². The van der Waals surface area contributed by atoms with E-state index in [-0.39, 0.29) is 29.0 Å². The van der Waals surface area contributed by atoms with Gasteiger partial charge in [0.2, 0.25) is 0 Å². The minimum Gasteiger partial charge on any atom is -0.480 e. The number of aromatic nitrogens is 3. The zero-order valence-electron chi connectivity index (χ0n) is 15.3. The number of rotatable bonds is 3. The highest BCUT2D eigenvalue weighted by Crippen LogP contribution is 2.33. The number of fused-ring (bicyclic) bond motifs is 2. The fourth-order valence-corrected chi connectivity index (χ4v) is 4.86. The fourth-order valence-electron chi connectivity index (χ4n) is 3.55. The van der Waals surface area contributed by atoms with Crippen LogP contribution in [0.25, 0.3) is 11.0 Å². The van der Waals surface area contributed by atoms with Crippen molar-refractivity contribution in [1.29, 1.82) is 0 Å². The second kappa shape index (κ2) is 6.71. The van der Waals surface area contributed by atoms with Crippen molar-refractivity contribution >= 4 is 38.5 Å². The summed E-state index contributed by atoms with van der Waals surface area (Å²) in [6.07, 6.45) is 4.48. The normalized spacial score (nSPS) is 17.0. The number of nitrogens with zero attached hydrogens (tertiary/aromatic N) is 4. The topological polar surface area (TPSA) is 118 Å². The molecule has 0 radical (unpaired) electrons. The molecule has 10 nitrogen and oxygen atoms in total. The van der Waals surface area contributed by atoms with Gasteiger partial charge in [0, 0.05) is 44.6 Å². The predicted octanol–water partition coefficient (Wildman–Crippen LogP) is 0.409. The number of carbonyl (C=O) groups excluding carboxylic acids is 1. The molecule has 0 saturated carbocycles. The number of hydrogen-bond acceptors (Lipinski definition) is 8. The van der Waals surface area contributed by atoms with Gasteiger partial charge in [0.25, 0.3) is 15.9 Å². The number of carbonyl (C=O) groups is 1. The summed E-state index contributed by atoms with van der Waals surface area (Å²) < 4.78 is 33.4. The first-order valence-corrected chi connectivity index (χ1v) is 10.6. The van der Waals surface area contributed by atoms with Crippen LogP contribution in [0.1, 0.15) is 0 Å². The summed E-state index contributed by atoms with van der Waals surface area (Å²) in [5, 5.41) is 5.84. The highest BCUT2D eigenvalue weighted by atomic mass is 32.2. The number of nitrogens with one attached hydrogen (secondary N) is 2. The van der Waals surface area contributed by atoms with Crippen molar-refractivity contribution in [3.63, 3.8) is 0 Å². The molecule has 1 fully saturated rings. The third-order valence-corrected chi connectivity index (χ3v) is 6.60. The predicted molar refractivity (Wildman–Crippen MR) is 106 cm³/mol. The van der Waals surface area contributed by atoms with Crippen LogP contribution in [0.3, 0.4) is 0 Å². The van der Waals surface area contributed by atoms with Gasteiger partial charge in [0.1, 0.15) is 10.4 Å². The maximum atomic E-state index is 13.4. The standard InChI is InChI=1S/C18H18N6O4S/c25-16-11-28-15-8-12(9-21-18(15)22-16)29(26,27)24-10-14(23-6-4-19-5-7-23)17-13(24)2-1-3-20-17/h1-3,8-10,19H,4-7,11H2,(H,21,22,25). The van der Waals surface area contributed by atoms with Crippen molar-refractivity contribution in [2.24, 2.45) is 0 Å². The van der Waals surface area contributed by atoms with Crippen molar-refractivity contribution in [3.05, 3.63) is 36.8 Å². The van der Waals surface area contributed by atoms with E-state index in [1.807, 2.05) is 0 Å². The highest BCUT2D eigenvalue weighted by molar-refractivity contribution is 7.90. The number of amides is 1. The number of piperazine rings is 1. The summed E-state index contributed by atoms with van der Waals surface area (Å²) >= 11 is 0. The van der Waals surface area contributed by atoms with E-state index >= 15 is 0 Å². The molecule has 0 bridgehead atoms. The van der Waals surface area contributed by atoms with Gasteiger partial charge in [0.15, 0.2) is 18.2 Å². The van der Waals surface area contributed by atoms with Gasteiger partial charge in [-0.15, -0.1) is 0 Å². The largest absolute Gasteiger partial charge is 0.480 e. The smallest absolute Gasteiger partial charge is 0.269 e. The van der Waals surface area contributed by atoms with E-state index in [2.05, 4.69) is 25.5 Å². The molecule has 5 heterocycles. The number of pyridine rings is 2. The number of ether oxygens (including phenoxy) is 1. The lowest BCUT2D eigenvalue weighted by molar-refractivity contribution is -0.118. The lowest BCUT2D eigenvalue weighted by atomic mass is 10.3. The molecule has 2 N–H and O–H groups in total. The van der Waals surface area contributed by atoms with E-state index in [9.17, 15) is 13.2 Å². The van der Waals surface area contributed by atoms with Crippen LogP contribution in [0.2, 0.25) is 0 Å². The van der Waals surface area contributed by atoms with Gasteiger partial charge >= 0.3 is 0 Å². The molecule has 0 atom stereocenters. The highest BCUT2D eigenvalue weighted by Gasteiger charge is 2.27. The molecule has 3 aromatic heterocycles. The summed E-state index contributed by atoms with van der Waals surface area (Å²) in [4.78, 5) is 22.0. The zero-order valence-corrected chi connectivity index (χ0v) is 16.1. The molecule has 1 saturated heterocycles. The molecule has 0 spiro atoms. The van der Waals surface area contributed by atoms with Gasteiger partial charge in [-0.25, -0.2) is 17.4 Å². The summed E-state index contributed by atoms with van der Waals surface area (Å²) in [6.45, 7) is 3.00. The Balaban J connectivity index is 1.62. The lowest BCUT2D eigenvalue weighted by Crippen LogP contribution is -2.43. The molecule has 29 heavy (non-hydrogen) atoms. The van der Waals surface area contributed by atoms with Gasteiger partial charge in [-0.2, -0.15) is 0 Å². The maximum Gasteiger partial charge on any atom is 0.269 e. The molecule has 150 valence electrons. The van der Waals surface area contributed by atoms with Crippen LogP contribution >= 0.6 is 0 Å². The zero-order chi connectivity index (χ0) is 20.0. The van der Waals surface area contributed by atoms with Crippen molar-refractivity contribution < 1.29 is 17.9 Å². The summed E-state index contributed by atoms with van der Waals surface area (Å²) in [6, 6.07) is 4.82. The van der Waals surface area contributed by atoms with Crippen LogP contribution < -0.4 is 20.3 Å². The van der Waals surface area contributed by atoms with Crippen LogP contribution in [0.4, 0.5) is 11.5 Å². The summed E-state index contributed by atoms with van der Waals surface area (Å²) in [5.41, 5.74) is 1.90. The molecular weight excluding hydrogens is 396 g/mol. The van der Waals surface area contributed by atoms with Crippen LogP contribution in [-0.2, 0) is 14.8 Å². The molecule has 2 aliphatic heterocycles. The fraction of sp³-hybridized carbons (Fsp3) is 0.278. The van der Waals surface area contributed by atoms with Crippen molar-refractivity contribution in [3.8, 4) is 5.75 Å². The first-order valence-electron chi connectivity index (χ1n) is 9.14. The Morgan fingerprint density at radius 2 is 2.00 bits per heavy atom. The third-order valence-electron chi connectivity index (χ3n) is 4.96. The minimum absolute atomic E-state index is 0.0278. The molecular formula is C18H18N6O4S. The van der Waals surface area contributed by atoms with Gasteiger partial charge in [0.05, 0.1) is 17.4 Å². The molecule has 11 heteroatoms. The van der Waals surface area contributed by atoms with Gasteiger partial charge in [-0.1, -0.05) is 0 Å². The van der Waals surface area contributed by atoms with E-state index in [0.717, 1.165) is 31.9 Å². The Morgan fingerprint density at radius 3 is 2.83 bits per heavy atom. The Hall–Kier alpha value is -3.18. The van der Waals surface area contributed by atoms with Crippen molar-refractivity contribution in [2.45, 2.75) is 4.90 Å². The monoisotopic (exact) mass is 414 g/mol.